The molecule has 0 saturated carbocycles. The van der Waals surface area contributed by atoms with Crippen LogP contribution in [0.1, 0.15) is 35.9 Å². The van der Waals surface area contributed by atoms with Crippen molar-refractivity contribution in [1.29, 1.82) is 0 Å². The summed E-state index contributed by atoms with van der Waals surface area (Å²) < 4.78 is 0. The summed E-state index contributed by atoms with van der Waals surface area (Å²) in [6.07, 6.45) is 4.10. The molecule has 5 heteroatoms. The minimum atomic E-state index is -0.495. The Kier molecular flexibility index (Phi) is 4.55. The third-order valence-electron chi connectivity index (χ3n) is 4.10. The van der Waals surface area contributed by atoms with E-state index in [1.54, 1.807) is 13.1 Å². The van der Waals surface area contributed by atoms with Crippen molar-refractivity contribution in [1.82, 2.24) is 9.88 Å². The fraction of sp³-hybridized carbons (Fsp3) is 0.412. The lowest BCUT2D eigenvalue weighted by atomic mass is 9.98. The maximum Gasteiger partial charge on any atom is 0.265 e. The molecule has 1 fully saturated rings. The van der Waals surface area contributed by atoms with E-state index in [4.69, 9.17) is 0 Å². The van der Waals surface area contributed by atoms with Crippen molar-refractivity contribution >= 4 is 17.2 Å². The second kappa shape index (κ2) is 6.58. The molecule has 2 atom stereocenters. The molecule has 0 aliphatic carbocycles. The van der Waals surface area contributed by atoms with E-state index in [1.807, 2.05) is 35.2 Å². The first-order chi connectivity index (χ1) is 10.7. The van der Waals surface area contributed by atoms with Crippen molar-refractivity contribution in [2.75, 3.05) is 6.54 Å². The smallest absolute Gasteiger partial charge is 0.265 e. The fourth-order valence-corrected chi connectivity index (χ4v) is 3.82. The average Bonchev–Trinajstić information content (AvgIpc) is 3.05. The Labute approximate surface area is 134 Å². The summed E-state index contributed by atoms with van der Waals surface area (Å²) in [6.45, 7) is 2.48. The molecule has 2 aromatic rings. The Morgan fingerprint density at radius 3 is 2.86 bits per heavy atom. The molecule has 1 aliphatic heterocycles. The molecule has 0 bridgehead atoms. The van der Waals surface area contributed by atoms with E-state index >= 15 is 0 Å². The van der Waals surface area contributed by atoms with Crippen LogP contribution in [0.4, 0.5) is 0 Å². The van der Waals surface area contributed by atoms with Crippen molar-refractivity contribution in [3.63, 3.8) is 0 Å². The van der Waals surface area contributed by atoms with E-state index in [-0.39, 0.29) is 11.9 Å². The minimum absolute atomic E-state index is 0.00900. The van der Waals surface area contributed by atoms with Gasteiger partial charge in [-0.3, -0.25) is 4.79 Å². The topological polar surface area (TPSA) is 53.4 Å². The van der Waals surface area contributed by atoms with Gasteiger partial charge < -0.3 is 10.0 Å². The molecule has 1 amide bonds. The molecular weight excluding hydrogens is 296 g/mol. The molecule has 116 valence electrons. The van der Waals surface area contributed by atoms with E-state index in [1.165, 1.54) is 11.3 Å². The molecule has 0 radical (unpaired) electrons. The first-order valence-electron chi connectivity index (χ1n) is 7.67. The number of carbonyl (C=O) groups excluding carboxylic acids is 1. The lowest BCUT2D eigenvalue weighted by Crippen LogP contribution is -2.48. The number of nitrogens with zero attached hydrogens (tertiary/aromatic N) is 2. The number of hydrogen-bond donors (Lipinski definition) is 1. The zero-order valence-corrected chi connectivity index (χ0v) is 13.4. The molecule has 1 saturated heterocycles. The molecule has 1 aromatic heterocycles. The monoisotopic (exact) mass is 316 g/mol. The van der Waals surface area contributed by atoms with Gasteiger partial charge in [0.15, 0.2) is 0 Å². The summed E-state index contributed by atoms with van der Waals surface area (Å²) >= 11 is 1.42. The number of likely N-dealkylation sites (tertiary alicyclic amines) is 1. The van der Waals surface area contributed by atoms with E-state index in [2.05, 4.69) is 4.98 Å². The maximum absolute atomic E-state index is 12.7. The highest BCUT2D eigenvalue weighted by atomic mass is 32.1. The van der Waals surface area contributed by atoms with Crippen molar-refractivity contribution in [3.05, 3.63) is 41.4 Å². The van der Waals surface area contributed by atoms with Crippen LogP contribution in [0.15, 0.2) is 36.5 Å². The first-order valence-corrected chi connectivity index (χ1v) is 8.49. The molecule has 2 unspecified atom stereocenters. The van der Waals surface area contributed by atoms with Gasteiger partial charge in [-0.05, 0) is 26.2 Å². The van der Waals surface area contributed by atoms with Gasteiger partial charge in [0.25, 0.3) is 5.91 Å². The maximum atomic E-state index is 12.7. The molecule has 1 aromatic carbocycles. The normalized spacial score (nSPS) is 19.9. The quantitative estimate of drug-likeness (QED) is 0.946. The van der Waals surface area contributed by atoms with Crippen molar-refractivity contribution in [2.24, 2.45) is 0 Å². The number of thiazole rings is 1. The van der Waals surface area contributed by atoms with Crippen LogP contribution in [0, 0.1) is 0 Å². The summed E-state index contributed by atoms with van der Waals surface area (Å²) in [5, 5.41) is 10.8. The first kappa shape index (κ1) is 15.2. The summed E-state index contributed by atoms with van der Waals surface area (Å²) in [6, 6.07) is 9.80. The van der Waals surface area contributed by atoms with Crippen LogP contribution in [0.2, 0.25) is 0 Å². The van der Waals surface area contributed by atoms with Crippen LogP contribution >= 0.6 is 11.3 Å². The number of amides is 1. The van der Waals surface area contributed by atoms with Gasteiger partial charge in [0.1, 0.15) is 9.88 Å². The molecule has 22 heavy (non-hydrogen) atoms. The Hall–Kier alpha value is -1.72. The SMILES string of the molecule is CC(O)C1CCCCN1C(=O)c1cnc(-c2ccccc2)s1. The third kappa shape index (κ3) is 3.05. The zero-order chi connectivity index (χ0) is 15.5. The third-order valence-corrected chi connectivity index (χ3v) is 5.14. The van der Waals surface area contributed by atoms with Gasteiger partial charge in [-0.2, -0.15) is 0 Å². The average molecular weight is 316 g/mol. The van der Waals surface area contributed by atoms with E-state index in [0.717, 1.165) is 29.8 Å². The number of carbonyl (C=O) groups is 1. The van der Waals surface area contributed by atoms with Gasteiger partial charge >= 0.3 is 0 Å². The summed E-state index contributed by atoms with van der Waals surface area (Å²) in [4.78, 5) is 19.6. The molecule has 0 spiro atoms. The van der Waals surface area contributed by atoms with Crippen LogP contribution in [0.25, 0.3) is 10.6 Å². The lowest BCUT2D eigenvalue weighted by molar-refractivity contribution is 0.0284. The van der Waals surface area contributed by atoms with Crippen LogP contribution in [0.3, 0.4) is 0 Å². The Morgan fingerprint density at radius 2 is 2.14 bits per heavy atom. The molecule has 1 N–H and O–H groups in total. The van der Waals surface area contributed by atoms with Crippen LogP contribution in [-0.4, -0.2) is 39.6 Å². The summed E-state index contributed by atoms with van der Waals surface area (Å²) in [5.41, 5.74) is 1.03. The molecule has 1 aliphatic rings. The predicted octanol–water partition coefficient (Wildman–Crippen LogP) is 3.19. The van der Waals surface area contributed by atoms with Crippen LogP contribution in [0.5, 0.6) is 0 Å². The Morgan fingerprint density at radius 1 is 1.36 bits per heavy atom. The number of rotatable bonds is 3. The van der Waals surface area contributed by atoms with Gasteiger partial charge in [-0.15, -0.1) is 11.3 Å². The fourth-order valence-electron chi connectivity index (χ4n) is 2.94. The highest BCUT2D eigenvalue weighted by Crippen LogP contribution is 2.28. The van der Waals surface area contributed by atoms with Crippen molar-refractivity contribution < 1.29 is 9.90 Å². The predicted molar refractivity (Wildman–Crippen MR) is 87.9 cm³/mol. The highest BCUT2D eigenvalue weighted by molar-refractivity contribution is 7.16. The number of hydrogen-bond acceptors (Lipinski definition) is 4. The minimum Gasteiger partial charge on any atom is -0.391 e. The van der Waals surface area contributed by atoms with Gasteiger partial charge in [0.05, 0.1) is 18.3 Å². The molecular formula is C17H20N2O2S. The number of aliphatic hydroxyl groups is 1. The van der Waals surface area contributed by atoms with E-state index in [9.17, 15) is 9.90 Å². The molecule has 4 nitrogen and oxygen atoms in total. The van der Waals surface area contributed by atoms with E-state index < -0.39 is 6.10 Å². The summed E-state index contributed by atoms with van der Waals surface area (Å²) in [7, 11) is 0. The van der Waals surface area contributed by atoms with Gasteiger partial charge in [0.2, 0.25) is 0 Å². The van der Waals surface area contributed by atoms with Gasteiger partial charge in [-0.1, -0.05) is 30.3 Å². The standard InChI is InChI=1S/C17H20N2O2S/c1-12(20)14-9-5-6-10-19(14)17(21)15-11-18-16(22-15)13-7-3-2-4-8-13/h2-4,7-8,11-12,14,20H,5-6,9-10H2,1H3. The summed E-state index contributed by atoms with van der Waals surface area (Å²) in [5.74, 6) is -0.00900. The highest BCUT2D eigenvalue weighted by Gasteiger charge is 2.31. The zero-order valence-electron chi connectivity index (χ0n) is 12.6. The van der Waals surface area contributed by atoms with Gasteiger partial charge in [0, 0.05) is 12.1 Å². The number of piperidine rings is 1. The largest absolute Gasteiger partial charge is 0.391 e. The van der Waals surface area contributed by atoms with Crippen molar-refractivity contribution in [2.45, 2.75) is 38.3 Å². The van der Waals surface area contributed by atoms with E-state index in [0.29, 0.717) is 11.4 Å². The lowest BCUT2D eigenvalue weighted by Gasteiger charge is -2.37. The Bertz CT molecular complexity index is 639. The molecule has 2 heterocycles. The Balaban J connectivity index is 1.82. The van der Waals surface area contributed by atoms with Gasteiger partial charge in [-0.25, -0.2) is 4.98 Å². The van der Waals surface area contributed by atoms with Crippen LogP contribution in [-0.2, 0) is 0 Å². The molecule has 3 rings (SSSR count). The second-order valence-electron chi connectivity index (χ2n) is 5.70. The number of aliphatic hydroxyl groups excluding tert-OH is 1. The number of benzene rings is 1. The number of aromatic nitrogens is 1. The second-order valence-corrected chi connectivity index (χ2v) is 6.73. The van der Waals surface area contributed by atoms with Crippen molar-refractivity contribution in [3.8, 4) is 10.6 Å². The van der Waals surface area contributed by atoms with Crippen LogP contribution < -0.4 is 0 Å².